The Balaban J connectivity index is 1.58. The number of carbonyl (C=O) groups is 1. The topological polar surface area (TPSA) is 84.5 Å². The quantitative estimate of drug-likeness (QED) is 0.690. The summed E-state index contributed by atoms with van der Waals surface area (Å²) in [5.74, 6) is -0.262. The SMILES string of the molecule is O=C(NC[C@H]1CCCO1)c1ccc(CNS(=O)(=O)c2cccc(C(F)(F)F)c2)cc1. The van der Waals surface area contributed by atoms with E-state index in [9.17, 15) is 26.4 Å². The number of alkyl halides is 3. The van der Waals surface area contributed by atoms with Crippen molar-refractivity contribution in [2.45, 2.75) is 36.6 Å². The molecule has 30 heavy (non-hydrogen) atoms. The van der Waals surface area contributed by atoms with Crippen molar-refractivity contribution in [3.63, 3.8) is 0 Å². The highest BCUT2D eigenvalue weighted by atomic mass is 32.2. The van der Waals surface area contributed by atoms with Crippen LogP contribution in [0.2, 0.25) is 0 Å². The van der Waals surface area contributed by atoms with Gasteiger partial charge in [-0.15, -0.1) is 0 Å². The number of benzene rings is 2. The minimum absolute atomic E-state index is 0.0264. The third kappa shape index (κ3) is 5.80. The monoisotopic (exact) mass is 442 g/mol. The summed E-state index contributed by atoms with van der Waals surface area (Å²) in [4.78, 5) is 11.7. The number of nitrogens with one attached hydrogen (secondary N) is 2. The molecule has 0 bridgehead atoms. The van der Waals surface area contributed by atoms with Crippen LogP contribution in [-0.2, 0) is 27.5 Å². The second kappa shape index (κ2) is 9.15. The summed E-state index contributed by atoms with van der Waals surface area (Å²) in [7, 11) is -4.13. The molecule has 0 spiro atoms. The molecule has 162 valence electrons. The maximum atomic E-state index is 12.8. The molecule has 2 aromatic carbocycles. The van der Waals surface area contributed by atoms with Gasteiger partial charge in [0.15, 0.2) is 0 Å². The predicted molar refractivity (Wildman–Crippen MR) is 103 cm³/mol. The fraction of sp³-hybridized carbons (Fsp3) is 0.350. The maximum absolute atomic E-state index is 12.8. The molecule has 0 saturated carbocycles. The number of hydrogen-bond acceptors (Lipinski definition) is 4. The Labute approximate surface area is 172 Å². The Morgan fingerprint density at radius 1 is 1.13 bits per heavy atom. The normalized spacial score (nSPS) is 17.1. The molecule has 2 N–H and O–H groups in total. The van der Waals surface area contributed by atoms with Crippen molar-refractivity contribution in [2.75, 3.05) is 13.2 Å². The molecule has 1 aliphatic heterocycles. The van der Waals surface area contributed by atoms with Crippen LogP contribution in [0.15, 0.2) is 53.4 Å². The molecule has 0 aromatic heterocycles. The minimum atomic E-state index is -4.63. The molecule has 10 heteroatoms. The standard InChI is InChI=1S/C20H21F3N2O4S/c21-20(22,23)16-3-1-5-18(11-16)30(27,28)25-12-14-6-8-15(9-7-14)19(26)24-13-17-4-2-10-29-17/h1,3,5-9,11,17,25H,2,4,10,12-13H2,(H,24,26)/t17-/m1/s1. The maximum Gasteiger partial charge on any atom is 0.416 e. The van der Waals surface area contributed by atoms with E-state index in [1.54, 1.807) is 24.3 Å². The lowest BCUT2D eigenvalue weighted by Gasteiger charge is -2.12. The average Bonchev–Trinajstić information content (AvgIpc) is 3.24. The fourth-order valence-corrected chi connectivity index (χ4v) is 4.05. The lowest BCUT2D eigenvalue weighted by Crippen LogP contribution is -2.31. The Morgan fingerprint density at radius 2 is 1.87 bits per heavy atom. The first kappa shape index (κ1) is 22.3. The highest BCUT2D eigenvalue weighted by Gasteiger charge is 2.31. The first-order chi connectivity index (χ1) is 14.1. The van der Waals surface area contributed by atoms with Gasteiger partial charge in [-0.2, -0.15) is 13.2 Å². The van der Waals surface area contributed by atoms with Crippen LogP contribution in [0.5, 0.6) is 0 Å². The van der Waals surface area contributed by atoms with Gasteiger partial charge in [0.1, 0.15) is 0 Å². The van der Waals surface area contributed by atoms with Gasteiger partial charge in [0, 0.05) is 25.3 Å². The van der Waals surface area contributed by atoms with Crippen LogP contribution < -0.4 is 10.0 Å². The molecule has 1 saturated heterocycles. The van der Waals surface area contributed by atoms with Crippen molar-refractivity contribution in [1.82, 2.24) is 10.0 Å². The van der Waals surface area contributed by atoms with Gasteiger partial charge in [0.25, 0.3) is 5.91 Å². The number of hydrogen-bond donors (Lipinski definition) is 2. The van der Waals surface area contributed by atoms with Gasteiger partial charge in [-0.3, -0.25) is 4.79 Å². The number of carbonyl (C=O) groups excluding carboxylic acids is 1. The zero-order chi connectivity index (χ0) is 21.8. The molecule has 1 amide bonds. The molecular formula is C20H21F3N2O4S. The van der Waals surface area contributed by atoms with Crippen molar-refractivity contribution in [3.8, 4) is 0 Å². The zero-order valence-electron chi connectivity index (χ0n) is 15.9. The first-order valence-corrected chi connectivity index (χ1v) is 10.8. The fourth-order valence-electron chi connectivity index (χ4n) is 2.99. The Kier molecular flexibility index (Phi) is 6.79. The Hall–Kier alpha value is -2.43. The lowest BCUT2D eigenvalue weighted by molar-refractivity contribution is -0.137. The van der Waals surface area contributed by atoms with Crippen LogP contribution in [0, 0.1) is 0 Å². The molecule has 1 aliphatic rings. The molecule has 1 heterocycles. The number of amides is 1. The number of ether oxygens (including phenoxy) is 1. The zero-order valence-corrected chi connectivity index (χ0v) is 16.7. The summed E-state index contributed by atoms with van der Waals surface area (Å²) in [5, 5.41) is 2.79. The van der Waals surface area contributed by atoms with Gasteiger partial charge in [-0.05, 0) is 48.7 Å². The lowest BCUT2D eigenvalue weighted by atomic mass is 10.1. The third-order valence-electron chi connectivity index (χ3n) is 4.67. The van der Waals surface area contributed by atoms with E-state index < -0.39 is 26.7 Å². The van der Waals surface area contributed by atoms with Gasteiger partial charge in [0.05, 0.1) is 16.6 Å². The van der Waals surface area contributed by atoms with E-state index in [4.69, 9.17) is 4.74 Å². The Bertz CT molecular complexity index is 986. The van der Waals surface area contributed by atoms with Crippen molar-refractivity contribution in [1.29, 1.82) is 0 Å². The average molecular weight is 442 g/mol. The van der Waals surface area contributed by atoms with Crippen molar-refractivity contribution in [3.05, 3.63) is 65.2 Å². The van der Waals surface area contributed by atoms with E-state index in [0.29, 0.717) is 30.3 Å². The van der Waals surface area contributed by atoms with Crippen LogP contribution >= 0.6 is 0 Å². The van der Waals surface area contributed by atoms with Gasteiger partial charge < -0.3 is 10.1 Å². The summed E-state index contributed by atoms with van der Waals surface area (Å²) in [6.07, 6.45) is -2.72. The number of halogens is 3. The minimum Gasteiger partial charge on any atom is -0.376 e. The van der Waals surface area contributed by atoms with Crippen molar-refractivity contribution < 1.29 is 31.1 Å². The first-order valence-electron chi connectivity index (χ1n) is 9.31. The predicted octanol–water partition coefficient (Wildman–Crippen LogP) is 3.09. The van der Waals surface area contributed by atoms with Gasteiger partial charge >= 0.3 is 6.18 Å². The highest BCUT2D eigenvalue weighted by molar-refractivity contribution is 7.89. The highest BCUT2D eigenvalue weighted by Crippen LogP contribution is 2.30. The van der Waals surface area contributed by atoms with E-state index in [0.717, 1.165) is 31.0 Å². The van der Waals surface area contributed by atoms with Crippen molar-refractivity contribution >= 4 is 15.9 Å². The smallest absolute Gasteiger partial charge is 0.376 e. The molecule has 1 fully saturated rings. The largest absolute Gasteiger partial charge is 0.416 e. The Morgan fingerprint density at radius 3 is 2.50 bits per heavy atom. The third-order valence-corrected chi connectivity index (χ3v) is 6.07. The number of rotatable bonds is 7. The van der Waals surface area contributed by atoms with Gasteiger partial charge in [0.2, 0.25) is 10.0 Å². The van der Waals surface area contributed by atoms with Gasteiger partial charge in [-0.25, -0.2) is 13.1 Å². The molecule has 2 aromatic rings. The van der Waals surface area contributed by atoms with Crippen LogP contribution in [0.25, 0.3) is 0 Å². The van der Waals surface area contributed by atoms with E-state index >= 15 is 0 Å². The summed E-state index contributed by atoms with van der Waals surface area (Å²) >= 11 is 0. The van der Waals surface area contributed by atoms with E-state index in [2.05, 4.69) is 10.0 Å². The molecular weight excluding hydrogens is 421 g/mol. The second-order valence-corrected chi connectivity index (χ2v) is 8.66. The van der Waals surface area contributed by atoms with Crippen LogP contribution in [0.1, 0.15) is 34.3 Å². The van der Waals surface area contributed by atoms with Gasteiger partial charge in [-0.1, -0.05) is 18.2 Å². The molecule has 3 rings (SSSR count). The summed E-state index contributed by atoms with van der Waals surface area (Å²) < 4.78 is 70.7. The summed E-state index contributed by atoms with van der Waals surface area (Å²) in [6.45, 7) is 0.999. The van der Waals surface area contributed by atoms with Crippen molar-refractivity contribution in [2.24, 2.45) is 0 Å². The second-order valence-electron chi connectivity index (χ2n) is 6.89. The molecule has 0 radical (unpaired) electrons. The summed E-state index contributed by atoms with van der Waals surface area (Å²) in [6, 6.07) is 9.80. The van der Waals surface area contributed by atoms with E-state index in [-0.39, 0.29) is 18.6 Å². The van der Waals surface area contributed by atoms with E-state index in [1.807, 2.05) is 0 Å². The molecule has 1 atom stereocenters. The van der Waals surface area contributed by atoms with E-state index in [1.165, 1.54) is 0 Å². The van der Waals surface area contributed by atoms with Crippen LogP contribution in [-0.4, -0.2) is 33.6 Å². The van der Waals surface area contributed by atoms with Crippen LogP contribution in [0.3, 0.4) is 0 Å². The summed E-state index contributed by atoms with van der Waals surface area (Å²) in [5.41, 5.74) is -0.0672. The van der Waals surface area contributed by atoms with Crippen LogP contribution in [0.4, 0.5) is 13.2 Å². The molecule has 0 unspecified atom stereocenters. The molecule has 0 aliphatic carbocycles. The molecule has 6 nitrogen and oxygen atoms in total. The number of sulfonamides is 1.